The van der Waals surface area contributed by atoms with Crippen LogP contribution in [0.3, 0.4) is 0 Å². The van der Waals surface area contributed by atoms with E-state index in [9.17, 15) is 20.1 Å². The van der Waals surface area contributed by atoms with Crippen LogP contribution in [0.5, 0.6) is 0 Å². The maximum Gasteiger partial charge on any atom is 0.328 e. The third-order valence-electron chi connectivity index (χ3n) is 3.03. The summed E-state index contributed by atoms with van der Waals surface area (Å²) in [5.74, 6) is 2.11. The Morgan fingerprint density at radius 2 is 2.32 bits per heavy atom. The van der Waals surface area contributed by atoms with Crippen LogP contribution in [0, 0.1) is 17.0 Å². The monoisotopic (exact) mass is 284 g/mol. The van der Waals surface area contributed by atoms with Gasteiger partial charge in [0.25, 0.3) is 0 Å². The molecule has 0 radical (unpaired) electrons. The molecule has 0 amide bonds. The van der Waals surface area contributed by atoms with Crippen LogP contribution < -0.4 is 5.69 Å². The Hall–Kier alpha value is -1.50. The third-order valence-corrected chi connectivity index (χ3v) is 3.27. The molecule has 19 heavy (non-hydrogen) atoms. The third kappa shape index (κ3) is 2.11. The largest absolute Gasteiger partial charge is 0.392 e. The lowest BCUT2D eigenvalue weighted by molar-refractivity contribution is -0.0936. The van der Waals surface area contributed by atoms with Gasteiger partial charge in [0.1, 0.15) is 16.8 Å². The molecule has 2 rings (SSSR count). The molecule has 0 aliphatic carbocycles. The van der Waals surface area contributed by atoms with Crippen LogP contribution in [0.15, 0.2) is 17.1 Å². The van der Waals surface area contributed by atoms with E-state index in [1.54, 1.807) is 0 Å². The van der Waals surface area contributed by atoms with Crippen molar-refractivity contribution in [2.24, 2.45) is 0 Å². The smallest absolute Gasteiger partial charge is 0.328 e. The molecule has 2 heterocycles. The van der Waals surface area contributed by atoms with Crippen molar-refractivity contribution >= 4 is 12.2 Å². The van der Waals surface area contributed by atoms with E-state index in [0.29, 0.717) is 0 Å². The number of H-pyrrole nitrogens is 1. The molecule has 0 aromatic carbocycles. The van der Waals surface area contributed by atoms with Crippen molar-refractivity contribution in [1.82, 2.24) is 9.55 Å². The Labute approximate surface area is 113 Å². The van der Waals surface area contributed by atoms with Crippen molar-refractivity contribution < 1.29 is 20.1 Å². The predicted molar refractivity (Wildman–Crippen MR) is 66.7 cm³/mol. The summed E-state index contributed by atoms with van der Waals surface area (Å²) in [6, 6.07) is 1.42. The quantitative estimate of drug-likeness (QED) is 0.390. The zero-order valence-corrected chi connectivity index (χ0v) is 10.5. The second-order valence-electron chi connectivity index (χ2n) is 4.15. The first-order valence-corrected chi connectivity index (χ1v) is 5.80. The van der Waals surface area contributed by atoms with E-state index in [2.05, 4.69) is 10.9 Å². The molecule has 1 aliphatic heterocycles. The van der Waals surface area contributed by atoms with Gasteiger partial charge in [0.05, 0.1) is 6.61 Å². The number of aromatic amines is 1. The van der Waals surface area contributed by atoms with E-state index in [-0.39, 0.29) is 4.64 Å². The van der Waals surface area contributed by atoms with Crippen molar-refractivity contribution in [2.75, 3.05) is 6.61 Å². The van der Waals surface area contributed by atoms with E-state index in [0.717, 1.165) is 4.57 Å². The molecule has 1 unspecified atom stereocenters. The molecule has 4 atom stereocenters. The minimum atomic E-state index is -1.74. The van der Waals surface area contributed by atoms with Crippen molar-refractivity contribution in [3.05, 3.63) is 27.4 Å². The zero-order chi connectivity index (χ0) is 14.2. The van der Waals surface area contributed by atoms with E-state index >= 15 is 0 Å². The van der Waals surface area contributed by atoms with Crippen LogP contribution in [-0.2, 0) is 4.74 Å². The molecule has 1 aromatic rings. The van der Waals surface area contributed by atoms with Gasteiger partial charge in [0.2, 0.25) is 0 Å². The Kier molecular flexibility index (Phi) is 3.58. The standard InChI is InChI=1S/C11H12N2O5S/c1-2-11(5-14)8(16)7(15)9(18-11)13-4-3-6(19)12-10(13)17/h1,3-4,7-9,14-16H,5H2,(H,12,17,19)/t7?,8-,9-,11-/m1/s1. The molecule has 0 saturated carbocycles. The summed E-state index contributed by atoms with van der Waals surface area (Å²) in [5.41, 5.74) is -2.36. The second kappa shape index (κ2) is 4.88. The normalized spacial score (nSPS) is 34.1. The average Bonchev–Trinajstić information content (AvgIpc) is 2.64. The van der Waals surface area contributed by atoms with Crippen LogP contribution in [0.1, 0.15) is 6.23 Å². The number of terminal acetylenes is 1. The number of aliphatic hydroxyl groups excluding tert-OH is 3. The lowest BCUT2D eigenvalue weighted by Crippen LogP contribution is -2.45. The second-order valence-corrected chi connectivity index (χ2v) is 4.59. The molecule has 1 aromatic heterocycles. The molecule has 7 nitrogen and oxygen atoms in total. The number of hydrogen-bond acceptors (Lipinski definition) is 6. The lowest BCUT2D eigenvalue weighted by Gasteiger charge is -2.23. The molecular formula is C11H12N2O5S. The topological polar surface area (TPSA) is 108 Å². The van der Waals surface area contributed by atoms with Gasteiger partial charge in [0, 0.05) is 6.20 Å². The molecule has 8 heteroatoms. The number of aromatic nitrogens is 2. The number of nitrogens with one attached hydrogen (secondary N) is 1. The number of rotatable bonds is 2. The Balaban J connectivity index is 2.46. The molecule has 102 valence electrons. The highest BCUT2D eigenvalue weighted by Gasteiger charge is 2.54. The van der Waals surface area contributed by atoms with Crippen molar-refractivity contribution in [3.63, 3.8) is 0 Å². The van der Waals surface area contributed by atoms with Crippen LogP contribution in [0.25, 0.3) is 0 Å². The Morgan fingerprint density at radius 3 is 2.79 bits per heavy atom. The Morgan fingerprint density at radius 1 is 1.63 bits per heavy atom. The van der Waals surface area contributed by atoms with Gasteiger partial charge in [-0.1, -0.05) is 18.1 Å². The summed E-state index contributed by atoms with van der Waals surface area (Å²) in [6.07, 6.45) is 2.35. The van der Waals surface area contributed by atoms with E-state index in [1.807, 2.05) is 0 Å². The number of aliphatic hydroxyl groups is 3. The fourth-order valence-corrected chi connectivity index (χ4v) is 2.08. The first-order valence-electron chi connectivity index (χ1n) is 5.39. The van der Waals surface area contributed by atoms with Gasteiger partial charge in [-0.2, -0.15) is 0 Å². The number of ether oxygens (including phenoxy) is 1. The molecule has 0 spiro atoms. The maximum atomic E-state index is 11.7. The summed E-state index contributed by atoms with van der Waals surface area (Å²) >= 11 is 4.78. The van der Waals surface area contributed by atoms with Crippen LogP contribution >= 0.6 is 12.2 Å². The highest BCUT2D eigenvalue weighted by Crippen LogP contribution is 2.35. The van der Waals surface area contributed by atoms with E-state index in [4.69, 9.17) is 23.4 Å². The summed E-state index contributed by atoms with van der Waals surface area (Å²) in [5, 5.41) is 29.0. The van der Waals surface area contributed by atoms with Gasteiger partial charge in [-0.15, -0.1) is 6.42 Å². The summed E-state index contributed by atoms with van der Waals surface area (Å²) in [4.78, 5) is 14.1. The fourth-order valence-electron chi connectivity index (χ4n) is 1.93. The minimum absolute atomic E-state index is 0.222. The van der Waals surface area contributed by atoms with Crippen LogP contribution in [-0.4, -0.2) is 49.3 Å². The lowest BCUT2D eigenvalue weighted by atomic mass is 9.97. The van der Waals surface area contributed by atoms with Gasteiger partial charge in [0.15, 0.2) is 11.8 Å². The maximum absolute atomic E-state index is 11.7. The van der Waals surface area contributed by atoms with Gasteiger partial charge in [-0.3, -0.25) is 9.55 Å². The molecular weight excluding hydrogens is 272 g/mol. The van der Waals surface area contributed by atoms with Crippen LogP contribution in [0.4, 0.5) is 0 Å². The molecule has 0 bridgehead atoms. The number of nitrogens with zero attached hydrogens (tertiary/aromatic N) is 1. The van der Waals surface area contributed by atoms with Crippen molar-refractivity contribution in [3.8, 4) is 12.3 Å². The number of hydrogen-bond donors (Lipinski definition) is 4. The van der Waals surface area contributed by atoms with Crippen molar-refractivity contribution in [1.29, 1.82) is 0 Å². The van der Waals surface area contributed by atoms with E-state index < -0.39 is 36.3 Å². The summed E-state index contributed by atoms with van der Waals surface area (Å²) < 4.78 is 6.54. The van der Waals surface area contributed by atoms with E-state index in [1.165, 1.54) is 12.3 Å². The van der Waals surface area contributed by atoms with Gasteiger partial charge in [-0.25, -0.2) is 4.79 Å². The fraction of sp³-hybridized carbons (Fsp3) is 0.455. The van der Waals surface area contributed by atoms with Gasteiger partial charge < -0.3 is 20.1 Å². The average molecular weight is 284 g/mol. The first kappa shape index (κ1) is 13.9. The highest BCUT2D eigenvalue weighted by atomic mass is 32.1. The van der Waals surface area contributed by atoms with Crippen LogP contribution in [0.2, 0.25) is 0 Å². The SMILES string of the molecule is C#C[C@]1(CO)O[C@@H](n2ccc(=S)[nH]c2=O)C(O)[C@H]1O. The first-order chi connectivity index (χ1) is 8.95. The minimum Gasteiger partial charge on any atom is -0.392 e. The highest BCUT2D eigenvalue weighted by molar-refractivity contribution is 7.71. The Bertz CT molecular complexity index is 633. The summed E-state index contributed by atoms with van der Waals surface area (Å²) in [7, 11) is 0. The van der Waals surface area contributed by atoms with Gasteiger partial charge >= 0.3 is 5.69 Å². The predicted octanol–water partition coefficient (Wildman–Crippen LogP) is -1.48. The zero-order valence-electron chi connectivity index (χ0n) is 9.68. The molecule has 1 aliphatic rings. The molecule has 1 saturated heterocycles. The van der Waals surface area contributed by atoms with Crippen molar-refractivity contribution in [2.45, 2.75) is 24.0 Å². The van der Waals surface area contributed by atoms with Gasteiger partial charge in [-0.05, 0) is 6.07 Å². The molecule has 1 fully saturated rings. The molecule has 4 N–H and O–H groups in total. The summed E-state index contributed by atoms with van der Waals surface area (Å²) in [6.45, 7) is -0.685.